The molecular formula is C20H18ClFN2O2. The van der Waals surface area contributed by atoms with E-state index in [1.807, 2.05) is 6.07 Å². The molecule has 0 radical (unpaired) electrons. The lowest BCUT2D eigenvalue weighted by molar-refractivity contribution is 0.0626. The number of nitriles is 1. The van der Waals surface area contributed by atoms with Crippen molar-refractivity contribution in [3.63, 3.8) is 0 Å². The fourth-order valence-electron chi connectivity index (χ4n) is 3.17. The van der Waals surface area contributed by atoms with E-state index in [2.05, 4.69) is 5.32 Å². The van der Waals surface area contributed by atoms with Crippen molar-refractivity contribution in [3.05, 3.63) is 64.4 Å². The molecular weight excluding hydrogens is 355 g/mol. The first-order chi connectivity index (χ1) is 12.6. The summed E-state index contributed by atoms with van der Waals surface area (Å²) in [4.78, 5) is 13.1. The van der Waals surface area contributed by atoms with Crippen LogP contribution >= 0.6 is 11.6 Å². The summed E-state index contributed by atoms with van der Waals surface area (Å²) in [6, 6.07) is 12.8. The van der Waals surface area contributed by atoms with Gasteiger partial charge in [-0.25, -0.2) is 4.39 Å². The van der Waals surface area contributed by atoms with Crippen molar-refractivity contribution < 1.29 is 13.9 Å². The van der Waals surface area contributed by atoms with Crippen LogP contribution in [-0.4, -0.2) is 25.0 Å². The van der Waals surface area contributed by atoms with Crippen molar-refractivity contribution in [1.29, 1.82) is 5.26 Å². The van der Waals surface area contributed by atoms with Gasteiger partial charge in [0.15, 0.2) is 6.10 Å². The zero-order valence-corrected chi connectivity index (χ0v) is 14.8. The Morgan fingerprint density at radius 3 is 2.65 bits per heavy atom. The number of nitrogens with one attached hydrogen (secondary N) is 1. The molecule has 0 aromatic heterocycles. The van der Waals surface area contributed by atoms with Gasteiger partial charge in [-0.1, -0.05) is 29.8 Å². The smallest absolute Gasteiger partial charge is 0.205 e. The molecule has 0 spiro atoms. The number of hydrogen-bond acceptors (Lipinski definition) is 4. The molecule has 0 aliphatic carbocycles. The van der Waals surface area contributed by atoms with Gasteiger partial charge in [-0.3, -0.25) is 4.79 Å². The summed E-state index contributed by atoms with van der Waals surface area (Å²) in [5, 5.41) is 12.8. The molecule has 1 aliphatic rings. The van der Waals surface area contributed by atoms with Crippen LogP contribution in [0.1, 0.15) is 28.8 Å². The minimum Gasteiger partial charge on any atom is -0.480 e. The lowest BCUT2D eigenvalue weighted by atomic mass is 9.87. The Kier molecular flexibility index (Phi) is 5.87. The highest BCUT2D eigenvalue weighted by atomic mass is 35.5. The molecule has 1 N–H and O–H groups in total. The maximum Gasteiger partial charge on any atom is 0.205 e. The quantitative estimate of drug-likeness (QED) is 0.806. The van der Waals surface area contributed by atoms with Crippen molar-refractivity contribution in [2.45, 2.75) is 18.9 Å². The van der Waals surface area contributed by atoms with Gasteiger partial charge in [0.05, 0.1) is 5.02 Å². The van der Waals surface area contributed by atoms with E-state index in [0.717, 1.165) is 25.9 Å². The van der Waals surface area contributed by atoms with E-state index in [9.17, 15) is 14.4 Å². The highest BCUT2D eigenvalue weighted by Crippen LogP contribution is 2.29. The second kappa shape index (κ2) is 8.31. The molecule has 1 aliphatic heterocycles. The van der Waals surface area contributed by atoms with Gasteiger partial charge in [-0.05, 0) is 50.2 Å². The van der Waals surface area contributed by atoms with Gasteiger partial charge in [0.25, 0.3) is 0 Å². The van der Waals surface area contributed by atoms with E-state index in [0.29, 0.717) is 10.6 Å². The number of benzene rings is 2. The molecule has 0 saturated carbocycles. The average Bonchev–Trinajstić information content (AvgIpc) is 2.67. The third-order valence-electron chi connectivity index (χ3n) is 4.55. The molecule has 2 aromatic carbocycles. The third-order valence-corrected chi connectivity index (χ3v) is 4.88. The van der Waals surface area contributed by atoms with Crippen LogP contribution in [0.25, 0.3) is 0 Å². The van der Waals surface area contributed by atoms with Gasteiger partial charge in [-0.2, -0.15) is 5.26 Å². The van der Waals surface area contributed by atoms with Gasteiger partial charge in [0.1, 0.15) is 23.2 Å². The number of carbonyl (C=O) groups is 1. The molecule has 1 saturated heterocycles. The topological polar surface area (TPSA) is 62.1 Å². The van der Waals surface area contributed by atoms with Crippen LogP contribution in [-0.2, 0) is 0 Å². The van der Waals surface area contributed by atoms with Crippen molar-refractivity contribution in [1.82, 2.24) is 5.32 Å². The molecule has 26 heavy (non-hydrogen) atoms. The van der Waals surface area contributed by atoms with Crippen LogP contribution in [0.3, 0.4) is 0 Å². The normalized spacial score (nSPS) is 15.9. The Labute approximate surface area is 156 Å². The summed E-state index contributed by atoms with van der Waals surface area (Å²) in [5.41, 5.74) is 0.172. The lowest BCUT2D eigenvalue weighted by Crippen LogP contribution is -2.41. The number of hydrogen-bond donors (Lipinski definition) is 1. The summed E-state index contributed by atoms with van der Waals surface area (Å²) in [6.07, 6.45) is 0.668. The van der Waals surface area contributed by atoms with Gasteiger partial charge < -0.3 is 10.1 Å². The zero-order valence-electron chi connectivity index (χ0n) is 14.0. The van der Waals surface area contributed by atoms with Gasteiger partial charge in [-0.15, -0.1) is 0 Å². The van der Waals surface area contributed by atoms with Crippen LogP contribution in [0.5, 0.6) is 5.75 Å². The SMILES string of the molecule is N#Cc1c(F)cccc1OC(C(=O)c1ccccc1Cl)C1CCNCC1. The molecule has 1 atom stereocenters. The number of ether oxygens (including phenoxy) is 1. The minimum atomic E-state index is -0.828. The average molecular weight is 373 g/mol. The number of ketones is 1. The predicted molar refractivity (Wildman–Crippen MR) is 96.9 cm³/mol. The standard InChI is InChI=1S/C20H18ClFN2O2/c21-16-5-2-1-4-14(16)19(25)20(13-8-10-24-11-9-13)26-18-7-3-6-17(22)15(18)12-23/h1-7,13,20,24H,8-11H2. The van der Waals surface area contributed by atoms with Crippen LogP contribution < -0.4 is 10.1 Å². The first-order valence-electron chi connectivity index (χ1n) is 8.46. The monoisotopic (exact) mass is 372 g/mol. The van der Waals surface area contributed by atoms with Crippen LogP contribution in [0.4, 0.5) is 4.39 Å². The fourth-order valence-corrected chi connectivity index (χ4v) is 3.40. The van der Waals surface area contributed by atoms with Crippen molar-refractivity contribution in [2.75, 3.05) is 13.1 Å². The molecule has 1 unspecified atom stereocenters. The number of carbonyl (C=O) groups excluding carboxylic acids is 1. The van der Waals surface area contributed by atoms with Gasteiger partial charge in [0.2, 0.25) is 5.78 Å². The van der Waals surface area contributed by atoms with Crippen LogP contribution in [0, 0.1) is 23.1 Å². The van der Waals surface area contributed by atoms with Crippen molar-refractivity contribution >= 4 is 17.4 Å². The predicted octanol–water partition coefficient (Wildman–Crippen LogP) is 3.98. The number of halogens is 2. The highest BCUT2D eigenvalue weighted by Gasteiger charge is 2.33. The van der Waals surface area contributed by atoms with Crippen molar-refractivity contribution in [2.24, 2.45) is 5.92 Å². The summed E-state index contributed by atoms with van der Waals surface area (Å²) in [5.74, 6) is -0.888. The first-order valence-corrected chi connectivity index (χ1v) is 8.84. The number of rotatable bonds is 5. The van der Waals surface area contributed by atoms with E-state index in [1.165, 1.54) is 18.2 Å². The Bertz CT molecular complexity index is 844. The van der Waals surface area contributed by atoms with E-state index in [1.54, 1.807) is 24.3 Å². The maximum absolute atomic E-state index is 13.9. The lowest BCUT2D eigenvalue weighted by Gasteiger charge is -2.30. The number of Topliss-reactive ketones (excluding diaryl/α,β-unsaturated/α-hetero) is 1. The molecule has 6 heteroatoms. The van der Waals surface area contributed by atoms with Gasteiger partial charge >= 0.3 is 0 Å². The molecule has 4 nitrogen and oxygen atoms in total. The maximum atomic E-state index is 13.9. The second-order valence-electron chi connectivity index (χ2n) is 6.19. The highest BCUT2D eigenvalue weighted by molar-refractivity contribution is 6.34. The number of piperidine rings is 1. The largest absolute Gasteiger partial charge is 0.480 e. The van der Waals surface area contributed by atoms with E-state index < -0.39 is 11.9 Å². The Balaban J connectivity index is 1.97. The molecule has 1 fully saturated rings. The molecule has 2 aromatic rings. The van der Waals surface area contributed by atoms with E-state index >= 15 is 0 Å². The second-order valence-corrected chi connectivity index (χ2v) is 6.60. The molecule has 134 valence electrons. The van der Waals surface area contributed by atoms with E-state index in [4.69, 9.17) is 16.3 Å². The summed E-state index contributed by atoms with van der Waals surface area (Å²) < 4.78 is 19.8. The number of nitrogens with zero attached hydrogens (tertiary/aromatic N) is 1. The molecule has 3 rings (SSSR count). The minimum absolute atomic E-state index is 0.0465. The molecule has 0 amide bonds. The Hall–Kier alpha value is -2.42. The summed E-state index contributed by atoms with van der Waals surface area (Å²) in [6.45, 7) is 1.54. The fraction of sp³-hybridized carbons (Fsp3) is 0.300. The van der Waals surface area contributed by atoms with Gasteiger partial charge in [0, 0.05) is 11.5 Å². The van der Waals surface area contributed by atoms with E-state index in [-0.39, 0.29) is 23.0 Å². The molecule has 0 bridgehead atoms. The zero-order chi connectivity index (χ0) is 18.5. The Morgan fingerprint density at radius 2 is 1.96 bits per heavy atom. The van der Waals surface area contributed by atoms with Crippen LogP contribution in [0.2, 0.25) is 5.02 Å². The third kappa shape index (κ3) is 3.87. The Morgan fingerprint density at radius 1 is 1.23 bits per heavy atom. The first kappa shape index (κ1) is 18.4. The van der Waals surface area contributed by atoms with Crippen molar-refractivity contribution in [3.8, 4) is 11.8 Å². The summed E-state index contributed by atoms with van der Waals surface area (Å²) in [7, 11) is 0. The summed E-state index contributed by atoms with van der Waals surface area (Å²) >= 11 is 6.19. The molecule has 1 heterocycles. The van der Waals surface area contributed by atoms with Crippen LogP contribution in [0.15, 0.2) is 42.5 Å².